The van der Waals surface area contributed by atoms with Crippen molar-refractivity contribution in [1.29, 1.82) is 0 Å². The predicted molar refractivity (Wildman–Crippen MR) is 61.9 cm³/mol. The molecule has 0 aliphatic rings. The van der Waals surface area contributed by atoms with Gasteiger partial charge in [0.1, 0.15) is 5.01 Å². The van der Waals surface area contributed by atoms with Crippen molar-refractivity contribution in [2.24, 2.45) is 5.16 Å². The van der Waals surface area contributed by atoms with Gasteiger partial charge in [-0.15, -0.1) is 11.3 Å². The Morgan fingerprint density at radius 2 is 2.07 bits per heavy atom. The van der Waals surface area contributed by atoms with E-state index in [9.17, 15) is 0 Å². The highest BCUT2D eigenvalue weighted by Gasteiger charge is 2.02. The van der Waals surface area contributed by atoms with E-state index in [0.29, 0.717) is 10.7 Å². The maximum absolute atomic E-state index is 8.35. The highest BCUT2D eigenvalue weighted by molar-refractivity contribution is 7.13. The zero-order valence-electron chi connectivity index (χ0n) is 7.59. The third-order valence-corrected chi connectivity index (χ3v) is 2.96. The molecule has 0 spiro atoms. The van der Waals surface area contributed by atoms with Crippen LogP contribution in [0.1, 0.15) is 5.69 Å². The Balaban J connectivity index is 2.33. The quantitative estimate of drug-likeness (QED) is 0.496. The molecular weight excluding hydrogens is 232 g/mol. The van der Waals surface area contributed by atoms with Gasteiger partial charge in [-0.1, -0.05) is 28.9 Å². The minimum atomic E-state index is 0.646. The van der Waals surface area contributed by atoms with Crippen LogP contribution < -0.4 is 0 Å². The Bertz CT molecular complexity index is 478. The number of hydrogen-bond donors (Lipinski definition) is 1. The fourth-order valence-corrected chi connectivity index (χ4v) is 2.03. The molecule has 0 unspecified atom stereocenters. The van der Waals surface area contributed by atoms with Gasteiger partial charge in [-0.25, -0.2) is 4.98 Å². The lowest BCUT2D eigenvalue weighted by atomic mass is 10.2. The van der Waals surface area contributed by atoms with E-state index < -0.39 is 0 Å². The van der Waals surface area contributed by atoms with Crippen molar-refractivity contribution in [3.63, 3.8) is 0 Å². The third kappa shape index (κ3) is 2.34. The second-order valence-corrected chi connectivity index (χ2v) is 4.12. The highest BCUT2D eigenvalue weighted by Crippen LogP contribution is 2.24. The lowest BCUT2D eigenvalue weighted by molar-refractivity contribution is 0.321. The number of hydrogen-bond acceptors (Lipinski definition) is 4. The van der Waals surface area contributed by atoms with Crippen molar-refractivity contribution in [3.05, 3.63) is 40.4 Å². The maximum atomic E-state index is 8.35. The van der Waals surface area contributed by atoms with Crippen molar-refractivity contribution in [2.75, 3.05) is 0 Å². The molecule has 0 aliphatic heterocycles. The Morgan fingerprint density at radius 3 is 2.73 bits per heavy atom. The Labute approximate surface area is 95.7 Å². The first kappa shape index (κ1) is 10.1. The maximum Gasteiger partial charge on any atom is 0.124 e. The molecule has 0 saturated carbocycles. The molecule has 0 bridgehead atoms. The minimum absolute atomic E-state index is 0.646. The van der Waals surface area contributed by atoms with E-state index >= 15 is 0 Å². The van der Waals surface area contributed by atoms with Crippen LogP contribution in [0.3, 0.4) is 0 Å². The van der Waals surface area contributed by atoms with Crippen molar-refractivity contribution >= 4 is 29.2 Å². The van der Waals surface area contributed by atoms with Crippen LogP contribution in [0.25, 0.3) is 10.6 Å². The normalized spacial score (nSPS) is 11.0. The van der Waals surface area contributed by atoms with E-state index in [1.54, 1.807) is 0 Å². The predicted octanol–water partition coefficient (Wildman–Crippen LogP) is 3.27. The van der Waals surface area contributed by atoms with Crippen molar-refractivity contribution in [1.82, 2.24) is 4.98 Å². The highest BCUT2D eigenvalue weighted by atomic mass is 35.5. The number of nitrogens with zero attached hydrogens (tertiary/aromatic N) is 2. The number of oxime groups is 1. The SMILES string of the molecule is O/N=C/c1csc(-c2ccc(Cl)cc2)n1. The van der Waals surface area contributed by atoms with Gasteiger partial charge < -0.3 is 5.21 Å². The summed E-state index contributed by atoms with van der Waals surface area (Å²) in [5.74, 6) is 0. The van der Waals surface area contributed by atoms with Gasteiger partial charge in [0.15, 0.2) is 0 Å². The molecule has 0 atom stereocenters. The first-order valence-corrected chi connectivity index (χ1v) is 5.44. The lowest BCUT2D eigenvalue weighted by Crippen LogP contribution is -1.81. The van der Waals surface area contributed by atoms with Gasteiger partial charge in [-0.05, 0) is 12.1 Å². The summed E-state index contributed by atoms with van der Waals surface area (Å²) in [4.78, 5) is 4.27. The average molecular weight is 239 g/mol. The minimum Gasteiger partial charge on any atom is -0.411 e. The number of benzene rings is 1. The van der Waals surface area contributed by atoms with E-state index in [1.807, 2.05) is 29.6 Å². The summed E-state index contributed by atoms with van der Waals surface area (Å²) in [5.41, 5.74) is 1.65. The van der Waals surface area contributed by atoms with Crippen LogP contribution >= 0.6 is 22.9 Å². The number of aromatic nitrogens is 1. The molecule has 1 aromatic carbocycles. The summed E-state index contributed by atoms with van der Waals surface area (Å²) in [6.07, 6.45) is 1.30. The van der Waals surface area contributed by atoms with E-state index in [2.05, 4.69) is 10.1 Å². The van der Waals surface area contributed by atoms with Gasteiger partial charge in [0.2, 0.25) is 0 Å². The second-order valence-electron chi connectivity index (χ2n) is 2.83. The Hall–Kier alpha value is -1.39. The summed E-state index contributed by atoms with van der Waals surface area (Å²) in [6.45, 7) is 0. The molecule has 3 nitrogen and oxygen atoms in total. The molecule has 0 saturated heterocycles. The topological polar surface area (TPSA) is 45.5 Å². The van der Waals surface area contributed by atoms with E-state index in [4.69, 9.17) is 16.8 Å². The van der Waals surface area contributed by atoms with E-state index in [0.717, 1.165) is 10.6 Å². The summed E-state index contributed by atoms with van der Waals surface area (Å²) < 4.78 is 0. The third-order valence-electron chi connectivity index (χ3n) is 1.80. The number of rotatable bonds is 2. The Morgan fingerprint density at radius 1 is 1.33 bits per heavy atom. The van der Waals surface area contributed by atoms with Gasteiger partial charge in [0.05, 0.1) is 11.9 Å². The van der Waals surface area contributed by atoms with Crippen LogP contribution in [0.5, 0.6) is 0 Å². The number of thiazole rings is 1. The fraction of sp³-hybridized carbons (Fsp3) is 0. The van der Waals surface area contributed by atoms with Crippen LogP contribution in [0.15, 0.2) is 34.8 Å². The molecule has 15 heavy (non-hydrogen) atoms. The van der Waals surface area contributed by atoms with Crippen molar-refractivity contribution < 1.29 is 5.21 Å². The largest absolute Gasteiger partial charge is 0.411 e. The van der Waals surface area contributed by atoms with Crippen LogP contribution in [-0.2, 0) is 0 Å². The van der Waals surface area contributed by atoms with Crippen molar-refractivity contribution in [3.8, 4) is 10.6 Å². The van der Waals surface area contributed by atoms with Gasteiger partial charge in [0, 0.05) is 16.0 Å². The van der Waals surface area contributed by atoms with Gasteiger partial charge >= 0.3 is 0 Å². The molecule has 0 radical (unpaired) electrons. The molecule has 2 aromatic rings. The van der Waals surface area contributed by atoms with Crippen LogP contribution in [-0.4, -0.2) is 16.4 Å². The molecule has 1 heterocycles. The van der Waals surface area contributed by atoms with Gasteiger partial charge in [-0.2, -0.15) is 0 Å². The fourth-order valence-electron chi connectivity index (χ4n) is 1.13. The lowest BCUT2D eigenvalue weighted by Gasteiger charge is -1.94. The van der Waals surface area contributed by atoms with E-state index in [-0.39, 0.29) is 0 Å². The monoisotopic (exact) mass is 238 g/mol. The zero-order valence-corrected chi connectivity index (χ0v) is 9.16. The first-order chi connectivity index (χ1) is 7.29. The molecule has 0 fully saturated rings. The molecule has 2 rings (SSSR count). The van der Waals surface area contributed by atoms with Crippen LogP contribution in [0, 0.1) is 0 Å². The molecule has 1 N–H and O–H groups in total. The zero-order chi connectivity index (χ0) is 10.7. The average Bonchev–Trinajstić information content (AvgIpc) is 2.68. The van der Waals surface area contributed by atoms with Gasteiger partial charge in [0.25, 0.3) is 0 Å². The molecule has 76 valence electrons. The molecular formula is C10H7ClN2OS. The van der Waals surface area contributed by atoms with Gasteiger partial charge in [-0.3, -0.25) is 0 Å². The smallest absolute Gasteiger partial charge is 0.124 e. The molecule has 5 heteroatoms. The number of halogens is 1. The summed E-state index contributed by atoms with van der Waals surface area (Å²) >= 11 is 7.27. The Kier molecular flexibility index (Phi) is 2.99. The standard InChI is InChI=1S/C10H7ClN2OS/c11-8-3-1-7(2-4-8)10-13-9(5-12-14)6-15-10/h1-6,14H/b12-5+. The van der Waals surface area contributed by atoms with Crippen molar-refractivity contribution in [2.45, 2.75) is 0 Å². The summed E-state index contributed by atoms with van der Waals surface area (Å²) in [6, 6.07) is 7.44. The van der Waals surface area contributed by atoms with E-state index in [1.165, 1.54) is 17.6 Å². The van der Waals surface area contributed by atoms with Crippen LogP contribution in [0.4, 0.5) is 0 Å². The molecule has 0 aliphatic carbocycles. The molecule has 1 aromatic heterocycles. The molecule has 0 amide bonds. The summed E-state index contributed by atoms with van der Waals surface area (Å²) in [5, 5.41) is 14.7. The van der Waals surface area contributed by atoms with Crippen LogP contribution in [0.2, 0.25) is 5.02 Å². The summed E-state index contributed by atoms with van der Waals surface area (Å²) in [7, 11) is 0. The first-order valence-electron chi connectivity index (χ1n) is 4.18. The second kappa shape index (κ2) is 4.42.